The van der Waals surface area contributed by atoms with Crippen LogP contribution in [-0.4, -0.2) is 12.6 Å². The number of aryl methyl sites for hydroxylation is 2. The highest BCUT2D eigenvalue weighted by atomic mass is 32.3. The molecule has 188 valence electrons. The van der Waals surface area contributed by atoms with Crippen molar-refractivity contribution in [3.8, 4) is 0 Å². The Hall–Kier alpha value is -1.92. The van der Waals surface area contributed by atoms with Gasteiger partial charge in [0.25, 0.3) is 10.0 Å². The van der Waals surface area contributed by atoms with E-state index in [4.69, 9.17) is 0 Å². The summed E-state index contributed by atoms with van der Waals surface area (Å²) >= 11 is 0. The molecule has 0 radical (unpaired) electrons. The predicted molar refractivity (Wildman–Crippen MR) is 144 cm³/mol. The minimum atomic E-state index is -4.09. The lowest BCUT2D eigenvalue weighted by atomic mass is 10.0. The first-order valence-corrected chi connectivity index (χ1v) is 15.6. The van der Waals surface area contributed by atoms with E-state index in [1.807, 2.05) is 26.0 Å². The van der Waals surface area contributed by atoms with Crippen LogP contribution in [0, 0.1) is 13.8 Å². The fraction of sp³-hybridized carbons (Fsp3) is 0.500. The van der Waals surface area contributed by atoms with Crippen molar-refractivity contribution in [1.29, 1.82) is 0 Å². The van der Waals surface area contributed by atoms with E-state index in [1.54, 1.807) is 29.7 Å². The molecule has 1 atom stereocenters. The van der Waals surface area contributed by atoms with Crippen LogP contribution >= 0.6 is 0 Å². The highest BCUT2D eigenvalue weighted by molar-refractivity contribution is 8.05. The monoisotopic (exact) mass is 503 g/mol. The van der Waals surface area contributed by atoms with Crippen molar-refractivity contribution in [2.24, 2.45) is 3.77 Å². The van der Waals surface area contributed by atoms with Crippen molar-refractivity contribution in [3.05, 3.63) is 70.6 Å². The third-order valence-electron chi connectivity index (χ3n) is 5.92. The van der Waals surface area contributed by atoms with Gasteiger partial charge in [-0.2, -0.15) is 8.42 Å². The number of sulfonamides is 1. The SMILES string of the molecule is CCCCCCCCC(=C[S@@](=O)(=NS(=O)(=O)c1ccc(C)cc1)c1ccc(C)cc1)CCCC. The Labute approximate surface area is 208 Å². The molecule has 0 amide bonds. The highest BCUT2D eigenvalue weighted by Crippen LogP contribution is 2.26. The molecular weight excluding hydrogens is 462 g/mol. The van der Waals surface area contributed by atoms with Gasteiger partial charge < -0.3 is 0 Å². The quantitative estimate of drug-likeness (QED) is 0.243. The van der Waals surface area contributed by atoms with Crippen LogP contribution in [0.2, 0.25) is 0 Å². The van der Waals surface area contributed by atoms with Gasteiger partial charge in [0, 0.05) is 5.41 Å². The maximum absolute atomic E-state index is 14.3. The first-order valence-electron chi connectivity index (χ1n) is 12.6. The molecule has 0 aliphatic rings. The smallest absolute Gasteiger partial charge is 0.239 e. The molecule has 0 aliphatic carbocycles. The average molecular weight is 504 g/mol. The molecule has 0 bridgehead atoms. The van der Waals surface area contributed by atoms with Gasteiger partial charge in [0.2, 0.25) is 0 Å². The minimum absolute atomic E-state index is 0.0670. The average Bonchev–Trinajstić information content (AvgIpc) is 2.79. The zero-order valence-corrected chi connectivity index (χ0v) is 22.9. The molecule has 0 unspecified atom stereocenters. The molecule has 2 aromatic rings. The number of unbranched alkanes of at least 4 members (excludes halogenated alkanes) is 6. The molecule has 0 aromatic heterocycles. The molecule has 0 saturated carbocycles. The molecular formula is C28H41NO3S2. The molecule has 0 aliphatic heterocycles. The summed E-state index contributed by atoms with van der Waals surface area (Å²) in [6.07, 6.45) is 10.7. The molecule has 2 rings (SSSR count). The van der Waals surface area contributed by atoms with Crippen LogP contribution in [0.5, 0.6) is 0 Å². The lowest BCUT2D eigenvalue weighted by molar-refractivity contribution is 0.597. The number of hydrogen-bond acceptors (Lipinski definition) is 3. The Morgan fingerprint density at radius 1 is 0.676 bits per heavy atom. The van der Waals surface area contributed by atoms with E-state index >= 15 is 0 Å². The van der Waals surface area contributed by atoms with Gasteiger partial charge in [-0.25, -0.2) is 4.21 Å². The Balaban J connectivity index is 2.49. The summed E-state index contributed by atoms with van der Waals surface area (Å²) in [5.41, 5.74) is 3.03. The molecule has 0 spiro atoms. The van der Waals surface area contributed by atoms with Crippen LogP contribution in [0.15, 0.2) is 73.1 Å². The van der Waals surface area contributed by atoms with Crippen LogP contribution < -0.4 is 0 Å². The second-order valence-electron chi connectivity index (χ2n) is 9.14. The minimum Gasteiger partial charge on any atom is -0.239 e. The molecule has 0 N–H and O–H groups in total. The summed E-state index contributed by atoms with van der Waals surface area (Å²) in [5, 5.41) is 1.67. The van der Waals surface area contributed by atoms with E-state index in [1.165, 1.54) is 37.8 Å². The number of nitrogens with zero attached hydrogens (tertiary/aromatic N) is 1. The molecule has 4 nitrogen and oxygen atoms in total. The lowest BCUT2D eigenvalue weighted by Crippen LogP contribution is -2.06. The molecule has 0 heterocycles. The van der Waals surface area contributed by atoms with Gasteiger partial charge in [0.05, 0.1) is 9.79 Å². The second kappa shape index (κ2) is 13.8. The first-order chi connectivity index (χ1) is 16.2. The van der Waals surface area contributed by atoms with Crippen LogP contribution in [0.3, 0.4) is 0 Å². The molecule has 2 aromatic carbocycles. The van der Waals surface area contributed by atoms with Gasteiger partial charge in [0.15, 0.2) is 0 Å². The summed E-state index contributed by atoms with van der Waals surface area (Å²) in [7, 11) is -7.40. The van der Waals surface area contributed by atoms with Crippen LogP contribution in [-0.2, 0) is 19.8 Å². The van der Waals surface area contributed by atoms with Gasteiger partial charge >= 0.3 is 0 Å². The number of allylic oxidation sites excluding steroid dienone is 1. The van der Waals surface area contributed by atoms with Crippen molar-refractivity contribution in [1.82, 2.24) is 0 Å². The molecule has 0 saturated heterocycles. The van der Waals surface area contributed by atoms with Crippen LogP contribution in [0.4, 0.5) is 0 Å². The van der Waals surface area contributed by atoms with Crippen molar-refractivity contribution in [3.63, 3.8) is 0 Å². The Morgan fingerprint density at radius 3 is 1.71 bits per heavy atom. The zero-order chi connectivity index (χ0) is 25.0. The largest absolute Gasteiger partial charge is 0.290 e. The second-order valence-corrected chi connectivity index (χ2v) is 13.0. The summed E-state index contributed by atoms with van der Waals surface area (Å²) in [4.78, 5) is 0.503. The summed E-state index contributed by atoms with van der Waals surface area (Å²) in [6.45, 7) is 8.19. The maximum atomic E-state index is 14.3. The van der Waals surface area contributed by atoms with Crippen molar-refractivity contribution >= 4 is 19.8 Å². The predicted octanol–water partition coefficient (Wildman–Crippen LogP) is 8.34. The maximum Gasteiger partial charge on any atom is 0.290 e. The number of benzene rings is 2. The lowest BCUT2D eigenvalue weighted by Gasteiger charge is -2.12. The van der Waals surface area contributed by atoms with Crippen LogP contribution in [0.1, 0.15) is 89.2 Å². The van der Waals surface area contributed by atoms with Gasteiger partial charge in [-0.15, -0.1) is 0 Å². The normalized spacial score (nSPS) is 14.1. The standard InChI is InChI=1S/C28H41NO3S2/c1-5-7-9-10-11-12-14-26(13-8-6-2)23-33(30,27-19-15-24(3)16-20-27)29-34(31,32)28-21-17-25(4)18-22-28/h15-23H,5-14H2,1-4H3/t33-/m0/s1. The Bertz CT molecular complexity index is 1140. The molecule has 0 fully saturated rings. The number of hydrogen-bond donors (Lipinski definition) is 0. The fourth-order valence-corrected chi connectivity index (χ4v) is 7.63. The van der Waals surface area contributed by atoms with E-state index in [2.05, 4.69) is 17.6 Å². The molecule has 6 heteroatoms. The topological polar surface area (TPSA) is 63.6 Å². The van der Waals surface area contributed by atoms with Gasteiger partial charge in [0.1, 0.15) is 9.73 Å². The van der Waals surface area contributed by atoms with Gasteiger partial charge in [-0.3, -0.25) is 0 Å². The van der Waals surface area contributed by atoms with E-state index in [0.29, 0.717) is 4.90 Å². The van der Waals surface area contributed by atoms with Crippen molar-refractivity contribution in [2.45, 2.75) is 102 Å². The summed E-state index contributed by atoms with van der Waals surface area (Å²) in [5.74, 6) is 0. The highest BCUT2D eigenvalue weighted by Gasteiger charge is 2.20. The third kappa shape index (κ3) is 9.03. The van der Waals surface area contributed by atoms with E-state index in [9.17, 15) is 12.6 Å². The van der Waals surface area contributed by atoms with E-state index < -0.39 is 19.8 Å². The first kappa shape index (κ1) is 28.3. The fourth-order valence-electron chi connectivity index (χ4n) is 3.77. The Kier molecular flexibility index (Phi) is 11.5. The van der Waals surface area contributed by atoms with Crippen molar-refractivity contribution < 1.29 is 12.6 Å². The number of rotatable bonds is 14. The van der Waals surface area contributed by atoms with Crippen LogP contribution in [0.25, 0.3) is 0 Å². The van der Waals surface area contributed by atoms with E-state index in [0.717, 1.165) is 55.2 Å². The van der Waals surface area contributed by atoms with Crippen molar-refractivity contribution in [2.75, 3.05) is 0 Å². The summed E-state index contributed by atoms with van der Waals surface area (Å²) < 4.78 is 44.7. The Morgan fingerprint density at radius 2 is 1.15 bits per heavy atom. The van der Waals surface area contributed by atoms with Gasteiger partial charge in [-0.05, 0) is 63.8 Å². The van der Waals surface area contributed by atoms with E-state index in [-0.39, 0.29) is 4.90 Å². The zero-order valence-electron chi connectivity index (χ0n) is 21.3. The van der Waals surface area contributed by atoms with Gasteiger partial charge in [-0.1, -0.05) is 97.1 Å². The molecule has 34 heavy (non-hydrogen) atoms. The third-order valence-corrected chi connectivity index (χ3v) is 10.1. The summed E-state index contributed by atoms with van der Waals surface area (Å²) in [6, 6.07) is 13.7.